The molecule has 1 saturated carbocycles. The maximum absolute atomic E-state index is 12.3. The number of nitrogens with zero attached hydrogens (tertiary/aromatic N) is 2. The molecule has 35 heavy (non-hydrogen) atoms. The molecule has 4 heterocycles. The fourth-order valence-electron chi connectivity index (χ4n) is 5.68. The molecule has 1 aliphatic heterocycles. The van der Waals surface area contributed by atoms with Crippen LogP contribution in [0.25, 0.3) is 27.8 Å². The van der Waals surface area contributed by atoms with E-state index in [2.05, 4.69) is 71.3 Å². The normalized spacial score (nSPS) is 17.0. The number of carbonyl (C=O) groups excluding carboxylic acids is 1. The molecule has 0 unspecified atom stereocenters. The van der Waals surface area contributed by atoms with Crippen molar-refractivity contribution in [3.63, 3.8) is 0 Å². The molecule has 0 spiro atoms. The van der Waals surface area contributed by atoms with E-state index in [1.165, 1.54) is 40.6 Å². The molecule has 6 nitrogen and oxygen atoms in total. The van der Waals surface area contributed by atoms with Crippen LogP contribution in [0.2, 0.25) is 0 Å². The van der Waals surface area contributed by atoms with Crippen LogP contribution in [0.15, 0.2) is 36.7 Å². The van der Waals surface area contributed by atoms with Crippen LogP contribution in [0.3, 0.4) is 0 Å². The van der Waals surface area contributed by atoms with Crippen molar-refractivity contribution in [3.05, 3.63) is 59.0 Å². The van der Waals surface area contributed by atoms with Crippen LogP contribution in [-0.2, 0) is 11.2 Å². The lowest BCUT2D eigenvalue weighted by Gasteiger charge is -2.23. The van der Waals surface area contributed by atoms with Gasteiger partial charge in [-0.1, -0.05) is 19.9 Å². The van der Waals surface area contributed by atoms with E-state index >= 15 is 0 Å². The number of aromatic amines is 1. The van der Waals surface area contributed by atoms with Crippen molar-refractivity contribution >= 4 is 22.5 Å². The molecular formula is C29H35N5O. The van der Waals surface area contributed by atoms with Crippen LogP contribution in [0.5, 0.6) is 0 Å². The van der Waals surface area contributed by atoms with Crippen molar-refractivity contribution in [1.82, 2.24) is 25.0 Å². The number of rotatable bonds is 6. The number of amides is 1. The van der Waals surface area contributed by atoms with E-state index in [1.54, 1.807) is 0 Å². The molecular weight excluding hydrogens is 434 g/mol. The van der Waals surface area contributed by atoms with Gasteiger partial charge in [-0.05, 0) is 92.4 Å². The van der Waals surface area contributed by atoms with Gasteiger partial charge in [0, 0.05) is 34.9 Å². The number of hydrogen-bond donors (Lipinski definition) is 3. The average molecular weight is 470 g/mol. The van der Waals surface area contributed by atoms with Gasteiger partial charge in [0.25, 0.3) is 0 Å². The molecule has 0 bridgehead atoms. The monoisotopic (exact) mass is 469 g/mol. The highest BCUT2D eigenvalue weighted by Gasteiger charge is 2.24. The summed E-state index contributed by atoms with van der Waals surface area (Å²) >= 11 is 0. The van der Waals surface area contributed by atoms with Crippen molar-refractivity contribution in [2.24, 2.45) is 0 Å². The molecule has 3 aromatic heterocycles. The number of aromatic nitrogens is 3. The van der Waals surface area contributed by atoms with Crippen LogP contribution in [0.4, 0.5) is 0 Å². The van der Waals surface area contributed by atoms with Crippen LogP contribution >= 0.6 is 0 Å². The van der Waals surface area contributed by atoms with Gasteiger partial charge >= 0.3 is 0 Å². The number of imidazole rings is 1. The zero-order valence-electron chi connectivity index (χ0n) is 20.9. The van der Waals surface area contributed by atoms with Gasteiger partial charge in [-0.15, -0.1) is 0 Å². The summed E-state index contributed by atoms with van der Waals surface area (Å²) in [6.45, 7) is 8.87. The first-order valence-corrected chi connectivity index (χ1v) is 13.1. The predicted molar refractivity (Wildman–Crippen MR) is 141 cm³/mol. The molecule has 2 fully saturated rings. The van der Waals surface area contributed by atoms with Gasteiger partial charge < -0.3 is 20.0 Å². The Kier molecular flexibility index (Phi) is 5.64. The first-order valence-electron chi connectivity index (χ1n) is 13.1. The van der Waals surface area contributed by atoms with Crippen LogP contribution < -0.4 is 10.6 Å². The fourth-order valence-corrected chi connectivity index (χ4v) is 5.68. The number of nitrogens with one attached hydrogen (secondary N) is 3. The largest absolute Gasteiger partial charge is 0.354 e. The summed E-state index contributed by atoms with van der Waals surface area (Å²) in [5.41, 5.74) is 9.21. The molecule has 0 atom stereocenters. The van der Waals surface area contributed by atoms with Gasteiger partial charge in [0.05, 0.1) is 17.8 Å². The van der Waals surface area contributed by atoms with Crippen molar-refractivity contribution in [3.8, 4) is 11.3 Å². The highest BCUT2D eigenvalue weighted by atomic mass is 16.1. The number of piperidine rings is 1. The van der Waals surface area contributed by atoms with Crippen LogP contribution in [0, 0.1) is 6.92 Å². The van der Waals surface area contributed by atoms with Crippen molar-refractivity contribution in [2.45, 2.75) is 70.8 Å². The summed E-state index contributed by atoms with van der Waals surface area (Å²) in [6.07, 6.45) is 9.10. The minimum absolute atomic E-state index is 0.0658. The Morgan fingerprint density at radius 2 is 1.94 bits per heavy atom. The van der Waals surface area contributed by atoms with Crippen LogP contribution in [0.1, 0.15) is 73.8 Å². The number of aryl methyl sites for hydroxylation is 1. The quantitative estimate of drug-likeness (QED) is 0.363. The van der Waals surface area contributed by atoms with E-state index < -0.39 is 0 Å². The van der Waals surface area contributed by atoms with Gasteiger partial charge in [0.15, 0.2) is 0 Å². The number of carbonyl (C=O) groups is 1. The SMILES string of the molecule is Cc1cc(-c2[nH]c3ccc(C4CCNCC4)cc3c2C(C)C)cn2cc(CC(=O)NC3CC3)nc12. The summed E-state index contributed by atoms with van der Waals surface area (Å²) < 4.78 is 2.08. The lowest BCUT2D eigenvalue weighted by molar-refractivity contribution is -0.120. The molecule has 4 aromatic rings. The Balaban J connectivity index is 1.38. The van der Waals surface area contributed by atoms with E-state index in [0.29, 0.717) is 24.3 Å². The Bertz CT molecular complexity index is 1400. The Morgan fingerprint density at radius 1 is 1.14 bits per heavy atom. The van der Waals surface area contributed by atoms with E-state index in [-0.39, 0.29) is 5.91 Å². The van der Waals surface area contributed by atoms with Gasteiger partial charge in [-0.2, -0.15) is 0 Å². The average Bonchev–Trinajstić information content (AvgIpc) is 3.41. The molecule has 6 rings (SSSR count). The standard InChI is InChI=1S/C29H35N5O/c1-17(2)27-24-13-20(19-8-10-30-11-9-19)4-7-25(24)33-28(27)21-12-18(3)29-32-23(16-34(29)15-21)14-26(35)31-22-5-6-22/h4,7,12-13,15-17,19,22,30,33H,5-6,8-11,14H2,1-3H3,(H,31,35). The molecule has 1 aliphatic carbocycles. The van der Waals surface area contributed by atoms with E-state index in [9.17, 15) is 4.79 Å². The highest BCUT2D eigenvalue weighted by molar-refractivity contribution is 5.92. The minimum atomic E-state index is 0.0658. The Hall–Kier alpha value is -3.12. The zero-order chi connectivity index (χ0) is 24.1. The molecule has 1 amide bonds. The van der Waals surface area contributed by atoms with Crippen LogP contribution in [-0.4, -0.2) is 39.4 Å². The molecule has 2 aliphatic rings. The molecule has 182 valence electrons. The summed E-state index contributed by atoms with van der Waals surface area (Å²) in [4.78, 5) is 20.8. The summed E-state index contributed by atoms with van der Waals surface area (Å²) in [5, 5.41) is 7.89. The second-order valence-electron chi connectivity index (χ2n) is 10.8. The maximum Gasteiger partial charge on any atom is 0.226 e. The maximum atomic E-state index is 12.3. The van der Waals surface area contributed by atoms with Crippen molar-refractivity contribution in [1.29, 1.82) is 0 Å². The fraction of sp³-hybridized carbons (Fsp3) is 0.448. The Morgan fingerprint density at radius 3 is 2.69 bits per heavy atom. The second kappa shape index (κ2) is 8.83. The molecule has 0 radical (unpaired) electrons. The Labute approximate surface area is 206 Å². The van der Waals surface area contributed by atoms with E-state index in [0.717, 1.165) is 48.4 Å². The van der Waals surface area contributed by atoms with Gasteiger partial charge in [-0.25, -0.2) is 4.98 Å². The number of pyridine rings is 1. The number of fused-ring (bicyclic) bond motifs is 2. The number of H-pyrrole nitrogens is 1. The summed E-state index contributed by atoms with van der Waals surface area (Å²) in [7, 11) is 0. The molecule has 1 aromatic carbocycles. The summed E-state index contributed by atoms with van der Waals surface area (Å²) in [6, 6.07) is 9.60. The highest BCUT2D eigenvalue weighted by Crippen LogP contribution is 2.38. The van der Waals surface area contributed by atoms with Gasteiger partial charge in [-0.3, -0.25) is 4.79 Å². The number of benzene rings is 1. The van der Waals surface area contributed by atoms with E-state index in [4.69, 9.17) is 4.98 Å². The van der Waals surface area contributed by atoms with Gasteiger partial charge in [0.2, 0.25) is 5.91 Å². The smallest absolute Gasteiger partial charge is 0.226 e. The lowest BCUT2D eigenvalue weighted by Crippen LogP contribution is -2.27. The third-order valence-electron chi connectivity index (χ3n) is 7.61. The minimum Gasteiger partial charge on any atom is -0.354 e. The third-order valence-corrected chi connectivity index (χ3v) is 7.61. The predicted octanol–water partition coefficient (Wildman–Crippen LogP) is 5.20. The third kappa shape index (κ3) is 4.36. The second-order valence-corrected chi connectivity index (χ2v) is 10.8. The van der Waals surface area contributed by atoms with Crippen molar-refractivity contribution < 1.29 is 4.79 Å². The van der Waals surface area contributed by atoms with Crippen molar-refractivity contribution in [2.75, 3.05) is 13.1 Å². The first-order chi connectivity index (χ1) is 17.0. The lowest BCUT2D eigenvalue weighted by atomic mass is 9.88. The van der Waals surface area contributed by atoms with E-state index in [1.807, 2.05) is 6.20 Å². The zero-order valence-corrected chi connectivity index (χ0v) is 20.9. The molecule has 3 N–H and O–H groups in total. The topological polar surface area (TPSA) is 74.2 Å². The first kappa shape index (κ1) is 22.4. The number of hydrogen-bond acceptors (Lipinski definition) is 3. The summed E-state index contributed by atoms with van der Waals surface area (Å²) in [5.74, 6) is 1.10. The molecule has 6 heteroatoms. The molecule has 1 saturated heterocycles. The van der Waals surface area contributed by atoms with Gasteiger partial charge in [0.1, 0.15) is 5.65 Å².